The molecule has 98 valence electrons. The quantitative estimate of drug-likeness (QED) is 0.831. The van der Waals surface area contributed by atoms with E-state index < -0.39 is 23.1 Å². The molecule has 2 rings (SSSR count). The predicted octanol–water partition coefficient (Wildman–Crippen LogP) is 1.84. The van der Waals surface area contributed by atoms with Crippen LogP contribution < -0.4 is 5.73 Å². The lowest BCUT2D eigenvalue weighted by molar-refractivity contribution is 0.0698. The lowest BCUT2D eigenvalue weighted by Gasteiger charge is -2.31. The SMILES string of the molecule is Cc1ccc(F)c(C(=O)N2CCCC(N)C2)c1F. The lowest BCUT2D eigenvalue weighted by Crippen LogP contribution is -2.46. The molecule has 0 saturated carbocycles. The summed E-state index contributed by atoms with van der Waals surface area (Å²) in [5.74, 6) is -2.20. The summed E-state index contributed by atoms with van der Waals surface area (Å²) in [6, 6.07) is 2.33. The molecule has 18 heavy (non-hydrogen) atoms. The monoisotopic (exact) mass is 254 g/mol. The highest BCUT2D eigenvalue weighted by molar-refractivity contribution is 5.95. The standard InChI is InChI=1S/C13H16F2N2O/c1-8-4-5-10(14)11(12(8)15)13(18)17-6-2-3-9(16)7-17/h4-5,9H,2-3,6-7,16H2,1H3. The van der Waals surface area contributed by atoms with Crippen LogP contribution in [0.3, 0.4) is 0 Å². The number of hydrogen-bond acceptors (Lipinski definition) is 2. The van der Waals surface area contributed by atoms with Gasteiger partial charge in [0.2, 0.25) is 0 Å². The number of amides is 1. The van der Waals surface area contributed by atoms with Crippen LogP contribution in [0.15, 0.2) is 12.1 Å². The van der Waals surface area contributed by atoms with E-state index in [-0.39, 0.29) is 11.6 Å². The maximum atomic E-state index is 13.8. The van der Waals surface area contributed by atoms with Crippen LogP contribution in [0.25, 0.3) is 0 Å². The van der Waals surface area contributed by atoms with Gasteiger partial charge < -0.3 is 10.6 Å². The van der Waals surface area contributed by atoms with Gasteiger partial charge in [0.05, 0.1) is 0 Å². The van der Waals surface area contributed by atoms with Gasteiger partial charge in [-0.05, 0) is 31.4 Å². The number of hydrogen-bond donors (Lipinski definition) is 1. The maximum absolute atomic E-state index is 13.8. The fourth-order valence-corrected chi connectivity index (χ4v) is 2.21. The molecular formula is C13H16F2N2O. The number of carbonyl (C=O) groups is 1. The zero-order valence-electron chi connectivity index (χ0n) is 10.2. The van der Waals surface area contributed by atoms with Gasteiger partial charge in [0, 0.05) is 19.1 Å². The number of rotatable bonds is 1. The van der Waals surface area contributed by atoms with E-state index in [4.69, 9.17) is 5.73 Å². The number of carbonyl (C=O) groups excluding carboxylic acids is 1. The minimum absolute atomic E-state index is 0.112. The summed E-state index contributed by atoms with van der Waals surface area (Å²) in [5.41, 5.74) is 5.56. The number of piperidine rings is 1. The largest absolute Gasteiger partial charge is 0.337 e. The third-order valence-corrected chi connectivity index (χ3v) is 3.24. The van der Waals surface area contributed by atoms with E-state index in [0.29, 0.717) is 13.1 Å². The van der Waals surface area contributed by atoms with Crippen molar-refractivity contribution in [1.82, 2.24) is 4.90 Å². The van der Waals surface area contributed by atoms with Crippen LogP contribution in [0.1, 0.15) is 28.8 Å². The zero-order chi connectivity index (χ0) is 13.3. The van der Waals surface area contributed by atoms with E-state index >= 15 is 0 Å². The highest BCUT2D eigenvalue weighted by Gasteiger charge is 2.27. The first kappa shape index (κ1) is 13.0. The van der Waals surface area contributed by atoms with Gasteiger partial charge in [0.25, 0.3) is 5.91 Å². The van der Waals surface area contributed by atoms with Gasteiger partial charge in [0.15, 0.2) is 0 Å². The molecule has 0 aliphatic carbocycles. The van der Waals surface area contributed by atoms with Crippen LogP contribution in [0.2, 0.25) is 0 Å². The average molecular weight is 254 g/mol. The summed E-state index contributed by atoms with van der Waals surface area (Å²) in [6.45, 7) is 2.36. The minimum atomic E-state index is -0.817. The number of nitrogens with zero attached hydrogens (tertiary/aromatic N) is 1. The van der Waals surface area contributed by atoms with Crippen molar-refractivity contribution in [2.45, 2.75) is 25.8 Å². The molecule has 1 atom stereocenters. The molecule has 1 aromatic carbocycles. The van der Waals surface area contributed by atoms with Crippen LogP contribution in [-0.4, -0.2) is 29.9 Å². The van der Waals surface area contributed by atoms with Crippen molar-refractivity contribution in [3.8, 4) is 0 Å². The van der Waals surface area contributed by atoms with Crippen molar-refractivity contribution in [2.24, 2.45) is 5.73 Å². The van der Waals surface area contributed by atoms with Crippen molar-refractivity contribution < 1.29 is 13.6 Å². The Balaban J connectivity index is 2.31. The molecule has 1 saturated heterocycles. The molecule has 1 aliphatic heterocycles. The van der Waals surface area contributed by atoms with Crippen LogP contribution in [0, 0.1) is 18.6 Å². The van der Waals surface area contributed by atoms with Gasteiger partial charge in [-0.15, -0.1) is 0 Å². The fraction of sp³-hybridized carbons (Fsp3) is 0.462. The van der Waals surface area contributed by atoms with Crippen LogP contribution >= 0.6 is 0 Å². The van der Waals surface area contributed by atoms with Crippen molar-refractivity contribution in [1.29, 1.82) is 0 Å². The van der Waals surface area contributed by atoms with E-state index in [1.54, 1.807) is 0 Å². The molecule has 0 spiro atoms. The highest BCUT2D eigenvalue weighted by atomic mass is 19.1. The van der Waals surface area contributed by atoms with E-state index in [0.717, 1.165) is 18.9 Å². The second-order valence-electron chi connectivity index (χ2n) is 4.71. The number of benzene rings is 1. The smallest absolute Gasteiger partial charge is 0.259 e. The molecule has 5 heteroatoms. The Morgan fingerprint density at radius 3 is 2.83 bits per heavy atom. The summed E-state index contributed by atoms with van der Waals surface area (Å²) in [6.07, 6.45) is 1.60. The molecule has 1 heterocycles. The van der Waals surface area contributed by atoms with Gasteiger partial charge in [-0.3, -0.25) is 4.79 Å². The fourth-order valence-electron chi connectivity index (χ4n) is 2.21. The number of halogens is 2. The average Bonchev–Trinajstić information content (AvgIpc) is 2.34. The molecule has 2 N–H and O–H groups in total. The van der Waals surface area contributed by atoms with Gasteiger partial charge in [0.1, 0.15) is 17.2 Å². The first-order chi connectivity index (χ1) is 8.50. The summed E-state index contributed by atoms with van der Waals surface area (Å²) in [7, 11) is 0. The highest BCUT2D eigenvalue weighted by Crippen LogP contribution is 2.20. The first-order valence-corrected chi connectivity index (χ1v) is 6.00. The van der Waals surface area contributed by atoms with Crippen LogP contribution in [0.5, 0.6) is 0 Å². The maximum Gasteiger partial charge on any atom is 0.259 e. The normalized spacial score (nSPS) is 20.0. The molecule has 1 aromatic rings. The van der Waals surface area contributed by atoms with E-state index in [9.17, 15) is 13.6 Å². The van der Waals surface area contributed by atoms with Crippen molar-refractivity contribution in [3.63, 3.8) is 0 Å². The van der Waals surface area contributed by atoms with Crippen molar-refractivity contribution >= 4 is 5.91 Å². The van der Waals surface area contributed by atoms with Crippen LogP contribution in [0.4, 0.5) is 8.78 Å². The summed E-state index contributed by atoms with van der Waals surface area (Å²) >= 11 is 0. The topological polar surface area (TPSA) is 46.3 Å². The van der Waals surface area contributed by atoms with Crippen LogP contribution in [-0.2, 0) is 0 Å². The zero-order valence-corrected chi connectivity index (χ0v) is 10.2. The third kappa shape index (κ3) is 2.36. The summed E-state index contributed by atoms with van der Waals surface area (Å²) in [4.78, 5) is 13.6. The molecular weight excluding hydrogens is 238 g/mol. The Hall–Kier alpha value is -1.49. The minimum Gasteiger partial charge on any atom is -0.337 e. The van der Waals surface area contributed by atoms with E-state index in [1.165, 1.54) is 17.9 Å². The van der Waals surface area contributed by atoms with Crippen molar-refractivity contribution in [2.75, 3.05) is 13.1 Å². The molecule has 0 radical (unpaired) electrons. The van der Waals surface area contributed by atoms with Gasteiger partial charge in [-0.1, -0.05) is 6.07 Å². The summed E-state index contributed by atoms with van der Waals surface area (Å²) < 4.78 is 27.5. The number of likely N-dealkylation sites (tertiary alicyclic amines) is 1. The second kappa shape index (κ2) is 5.02. The Bertz CT molecular complexity index is 476. The Labute approximate surface area is 105 Å². The molecule has 1 fully saturated rings. The first-order valence-electron chi connectivity index (χ1n) is 6.00. The lowest BCUT2D eigenvalue weighted by atomic mass is 10.0. The molecule has 1 aliphatic rings. The molecule has 1 amide bonds. The molecule has 0 aromatic heterocycles. The van der Waals surface area contributed by atoms with E-state index in [2.05, 4.69) is 0 Å². The van der Waals surface area contributed by atoms with E-state index in [1.807, 2.05) is 0 Å². The van der Waals surface area contributed by atoms with Gasteiger partial charge >= 0.3 is 0 Å². The number of aryl methyl sites for hydroxylation is 1. The Morgan fingerprint density at radius 2 is 2.17 bits per heavy atom. The molecule has 1 unspecified atom stereocenters. The Morgan fingerprint density at radius 1 is 1.44 bits per heavy atom. The van der Waals surface area contributed by atoms with Gasteiger partial charge in [-0.2, -0.15) is 0 Å². The second-order valence-corrected chi connectivity index (χ2v) is 4.71. The van der Waals surface area contributed by atoms with Crippen molar-refractivity contribution in [3.05, 3.63) is 34.9 Å². The molecule has 0 bridgehead atoms. The Kier molecular flexibility index (Phi) is 3.61. The third-order valence-electron chi connectivity index (χ3n) is 3.24. The summed E-state index contributed by atoms with van der Waals surface area (Å²) in [5, 5.41) is 0. The van der Waals surface area contributed by atoms with Gasteiger partial charge in [-0.25, -0.2) is 8.78 Å². The number of nitrogens with two attached hydrogens (primary N) is 1. The molecule has 3 nitrogen and oxygen atoms in total. The predicted molar refractivity (Wildman–Crippen MR) is 64.2 cm³/mol.